The smallest absolute Gasteiger partial charge is 0.412 e. The highest BCUT2D eigenvalue weighted by atomic mass is 32.1. The van der Waals surface area contributed by atoms with Crippen LogP contribution in [0.5, 0.6) is 0 Å². The van der Waals surface area contributed by atoms with Crippen molar-refractivity contribution in [1.82, 2.24) is 20.1 Å². The first-order chi connectivity index (χ1) is 18.5. The Morgan fingerprint density at radius 1 is 1.23 bits per heavy atom. The Kier molecular flexibility index (Phi) is 8.93. The first kappa shape index (κ1) is 29.0. The number of β-amino-alcohol motifs (C(OH)–C–C–N with tert-alkyl or cyclic N) is 1. The number of amides is 3. The van der Waals surface area contributed by atoms with Gasteiger partial charge in [0, 0.05) is 55.1 Å². The van der Waals surface area contributed by atoms with Crippen LogP contribution in [0.2, 0.25) is 0 Å². The molecule has 10 nitrogen and oxygen atoms in total. The number of likely N-dealkylation sites (tertiary alicyclic amines) is 2. The predicted molar refractivity (Wildman–Crippen MR) is 151 cm³/mol. The van der Waals surface area contributed by atoms with Gasteiger partial charge in [0.15, 0.2) is 5.60 Å². The minimum absolute atomic E-state index is 0.150. The summed E-state index contributed by atoms with van der Waals surface area (Å²) in [6.07, 6.45) is 5.49. The molecule has 0 aliphatic carbocycles. The highest BCUT2D eigenvalue weighted by Crippen LogP contribution is 2.37. The molecule has 2 aromatic rings. The van der Waals surface area contributed by atoms with Gasteiger partial charge < -0.3 is 20.1 Å². The molecule has 0 bridgehead atoms. The quantitative estimate of drug-likeness (QED) is 0.495. The fourth-order valence-electron chi connectivity index (χ4n) is 5.19. The molecule has 2 aromatic heterocycles. The minimum atomic E-state index is -1.37. The molecule has 2 saturated heterocycles. The largest absolute Gasteiger partial charge is 0.444 e. The van der Waals surface area contributed by atoms with Crippen LogP contribution >= 0.6 is 11.3 Å². The number of nitrogens with zero attached hydrogens (tertiary/aromatic N) is 3. The fourth-order valence-corrected chi connectivity index (χ4v) is 6.21. The van der Waals surface area contributed by atoms with E-state index in [2.05, 4.69) is 20.5 Å². The van der Waals surface area contributed by atoms with E-state index in [-0.39, 0.29) is 17.9 Å². The second-order valence-electron chi connectivity index (χ2n) is 11.2. The highest BCUT2D eigenvalue weighted by Gasteiger charge is 2.42. The predicted octanol–water partition coefficient (Wildman–Crippen LogP) is 3.72. The van der Waals surface area contributed by atoms with Crippen LogP contribution in [0.3, 0.4) is 0 Å². The lowest BCUT2D eigenvalue weighted by atomic mass is 9.89. The Bertz CT molecular complexity index is 1170. The fraction of sp³-hybridized carbons (Fsp3) is 0.571. The van der Waals surface area contributed by atoms with Gasteiger partial charge in [0.25, 0.3) is 11.8 Å². The van der Waals surface area contributed by atoms with Gasteiger partial charge in [0.1, 0.15) is 10.6 Å². The third-order valence-electron chi connectivity index (χ3n) is 7.05. The number of pyridine rings is 1. The third kappa shape index (κ3) is 7.14. The molecule has 2 aliphatic heterocycles. The Balaban J connectivity index is 1.46. The summed E-state index contributed by atoms with van der Waals surface area (Å²) in [5.41, 5.74) is -0.760. The van der Waals surface area contributed by atoms with Gasteiger partial charge in [0.2, 0.25) is 0 Å². The molecule has 0 spiro atoms. The van der Waals surface area contributed by atoms with Crippen LogP contribution in [-0.2, 0) is 9.53 Å². The molecule has 212 valence electrons. The summed E-state index contributed by atoms with van der Waals surface area (Å²) in [6.45, 7) is 9.91. The Morgan fingerprint density at radius 3 is 2.62 bits per heavy atom. The number of thiophene rings is 1. The molecule has 0 radical (unpaired) electrons. The molecule has 2 fully saturated rings. The lowest BCUT2D eigenvalue weighted by molar-refractivity contribution is -0.147. The number of anilines is 1. The molecule has 11 heteroatoms. The summed E-state index contributed by atoms with van der Waals surface area (Å²) in [5.74, 6) is -0.461. The number of aromatic nitrogens is 1. The number of hydrogen-bond donors (Lipinski definition) is 3. The van der Waals surface area contributed by atoms with Crippen molar-refractivity contribution in [3.05, 3.63) is 36.2 Å². The third-order valence-corrected chi connectivity index (χ3v) is 8.15. The average molecular weight is 558 g/mol. The van der Waals surface area contributed by atoms with Crippen molar-refractivity contribution in [2.24, 2.45) is 0 Å². The number of aliphatic hydroxyl groups is 1. The van der Waals surface area contributed by atoms with Crippen molar-refractivity contribution in [2.45, 2.75) is 70.6 Å². The number of likely N-dealkylation sites (N-methyl/N-ethyl adjacent to an activating group) is 1. The molecule has 3 N–H and O–H groups in total. The van der Waals surface area contributed by atoms with Crippen molar-refractivity contribution in [3.63, 3.8) is 0 Å². The van der Waals surface area contributed by atoms with E-state index in [0.717, 1.165) is 36.2 Å². The van der Waals surface area contributed by atoms with Crippen LogP contribution in [0.4, 0.5) is 9.80 Å². The van der Waals surface area contributed by atoms with E-state index >= 15 is 0 Å². The van der Waals surface area contributed by atoms with Crippen molar-refractivity contribution in [2.75, 3.05) is 38.0 Å². The summed E-state index contributed by atoms with van der Waals surface area (Å²) in [6, 6.07) is 5.73. The molecule has 0 saturated carbocycles. The average Bonchev–Trinajstić information content (AvgIpc) is 3.31. The van der Waals surface area contributed by atoms with Gasteiger partial charge in [-0.1, -0.05) is 6.07 Å². The maximum absolute atomic E-state index is 13.7. The Morgan fingerprint density at radius 2 is 1.97 bits per heavy atom. The molecule has 4 rings (SSSR count). The first-order valence-corrected chi connectivity index (χ1v) is 14.4. The molecular formula is C28H39N5O5S. The van der Waals surface area contributed by atoms with Crippen molar-refractivity contribution >= 4 is 34.2 Å². The molecule has 1 atom stereocenters. The van der Waals surface area contributed by atoms with E-state index in [0.29, 0.717) is 43.2 Å². The van der Waals surface area contributed by atoms with Crippen LogP contribution in [0.1, 0.15) is 63.7 Å². The number of carbonyl (C=O) groups excluding carboxylic acids is 3. The number of piperidine rings is 2. The number of carbonyl (C=O) groups is 3. The van der Waals surface area contributed by atoms with E-state index in [9.17, 15) is 19.5 Å². The number of nitrogens with one attached hydrogen (secondary N) is 2. The Labute approximate surface area is 233 Å². The SMILES string of the molecule is CCNC(=O)C1(O)CCCN(C2CCN(C(=O)c3cc(-c4cccnc4)sc3NC(=O)OC(C)(C)C)CC2)C1. The van der Waals surface area contributed by atoms with Crippen LogP contribution < -0.4 is 10.6 Å². The van der Waals surface area contributed by atoms with E-state index in [1.54, 1.807) is 39.2 Å². The first-order valence-electron chi connectivity index (χ1n) is 13.6. The normalized spacial score (nSPS) is 20.9. The zero-order valence-electron chi connectivity index (χ0n) is 23.2. The van der Waals surface area contributed by atoms with Crippen molar-refractivity contribution in [3.8, 4) is 10.4 Å². The van der Waals surface area contributed by atoms with Gasteiger partial charge >= 0.3 is 6.09 Å². The molecule has 1 unspecified atom stereocenters. The molecule has 3 amide bonds. The van der Waals surface area contributed by atoms with Crippen LogP contribution in [-0.4, -0.2) is 87.8 Å². The second kappa shape index (κ2) is 12.0. The second-order valence-corrected chi connectivity index (χ2v) is 12.3. The summed E-state index contributed by atoms with van der Waals surface area (Å²) in [7, 11) is 0. The summed E-state index contributed by atoms with van der Waals surface area (Å²) < 4.78 is 5.43. The number of ether oxygens (including phenoxy) is 1. The molecule has 4 heterocycles. The summed E-state index contributed by atoms with van der Waals surface area (Å²) in [4.78, 5) is 47.7. The van der Waals surface area contributed by atoms with Crippen molar-refractivity contribution < 1.29 is 24.2 Å². The van der Waals surface area contributed by atoms with E-state index in [1.807, 2.05) is 24.0 Å². The van der Waals surface area contributed by atoms with Crippen LogP contribution in [0.25, 0.3) is 10.4 Å². The van der Waals surface area contributed by atoms with Gasteiger partial charge in [-0.25, -0.2) is 4.79 Å². The van der Waals surface area contributed by atoms with Crippen LogP contribution in [0, 0.1) is 0 Å². The number of rotatable bonds is 6. The molecular weight excluding hydrogens is 518 g/mol. The topological polar surface area (TPSA) is 124 Å². The zero-order valence-corrected chi connectivity index (χ0v) is 24.0. The van der Waals surface area contributed by atoms with E-state index < -0.39 is 17.3 Å². The van der Waals surface area contributed by atoms with Crippen LogP contribution in [0.15, 0.2) is 30.6 Å². The summed E-state index contributed by atoms with van der Waals surface area (Å²) in [5, 5.41) is 16.9. The highest BCUT2D eigenvalue weighted by molar-refractivity contribution is 7.20. The lowest BCUT2D eigenvalue weighted by Gasteiger charge is -2.44. The molecule has 0 aromatic carbocycles. The van der Waals surface area contributed by atoms with Gasteiger partial charge in [-0.3, -0.25) is 24.8 Å². The maximum Gasteiger partial charge on any atom is 0.412 e. The zero-order chi connectivity index (χ0) is 28.2. The standard InChI is InChI=1S/C28H39N5O5S/c1-5-30-25(35)28(37)11-7-13-33(18-28)20-9-14-32(15-10-20)24(34)21-16-22(19-8-6-12-29-17-19)39-23(21)31-26(36)38-27(2,3)4/h6,8,12,16-17,20,37H,5,7,9-11,13-15,18H2,1-4H3,(H,30,35)(H,31,36). The molecule has 2 aliphatic rings. The molecule has 39 heavy (non-hydrogen) atoms. The maximum atomic E-state index is 13.7. The summed E-state index contributed by atoms with van der Waals surface area (Å²) >= 11 is 1.32. The minimum Gasteiger partial charge on any atom is -0.444 e. The lowest BCUT2D eigenvalue weighted by Crippen LogP contribution is -2.60. The van der Waals surface area contributed by atoms with Gasteiger partial charge in [-0.05, 0) is 72.1 Å². The number of hydrogen-bond acceptors (Lipinski definition) is 8. The van der Waals surface area contributed by atoms with E-state index in [4.69, 9.17) is 4.74 Å². The van der Waals surface area contributed by atoms with Gasteiger partial charge in [-0.2, -0.15) is 0 Å². The van der Waals surface area contributed by atoms with Gasteiger partial charge in [-0.15, -0.1) is 11.3 Å². The van der Waals surface area contributed by atoms with E-state index in [1.165, 1.54) is 11.3 Å². The van der Waals surface area contributed by atoms with Crippen molar-refractivity contribution in [1.29, 1.82) is 0 Å². The monoisotopic (exact) mass is 557 g/mol. The Hall–Kier alpha value is -3.02. The van der Waals surface area contributed by atoms with Gasteiger partial charge in [0.05, 0.1) is 5.56 Å².